The Bertz CT molecular complexity index is 1450. The van der Waals surface area contributed by atoms with Gasteiger partial charge in [0.05, 0.1) is 42.7 Å². The average molecular weight is 481 g/mol. The maximum atomic E-state index is 13.6. The molecule has 3 aromatic rings. The van der Waals surface area contributed by atoms with Gasteiger partial charge >= 0.3 is 5.97 Å². The number of fused-ring (bicyclic) bond motifs is 1. The lowest BCUT2D eigenvalue weighted by Crippen LogP contribution is -2.39. The number of methoxy groups -OCH3 is 2. The molecule has 176 valence electrons. The number of esters is 1. The Morgan fingerprint density at radius 2 is 1.91 bits per heavy atom. The van der Waals surface area contributed by atoms with Crippen molar-refractivity contribution >= 4 is 23.4 Å². The normalized spacial score (nSPS) is 15.5. The van der Waals surface area contributed by atoms with Crippen molar-refractivity contribution in [3.05, 3.63) is 84.5 Å². The number of benzene rings is 2. The Kier molecular flexibility index (Phi) is 6.56. The molecule has 1 aromatic heterocycles. The highest BCUT2D eigenvalue weighted by atomic mass is 32.1. The van der Waals surface area contributed by atoms with E-state index < -0.39 is 12.0 Å². The molecule has 2 heterocycles. The quantitative estimate of drug-likeness (QED) is 0.545. The zero-order valence-electron chi connectivity index (χ0n) is 19.2. The molecule has 4 rings (SSSR count). The minimum atomic E-state index is -0.697. The zero-order chi connectivity index (χ0) is 24.4. The van der Waals surface area contributed by atoms with Gasteiger partial charge in [0.1, 0.15) is 5.75 Å². The number of carbonyl (C=O) groups excluding carboxylic acids is 1. The number of nitrogens with zero attached hydrogens (tertiary/aromatic N) is 2. The minimum absolute atomic E-state index is 0.00955. The monoisotopic (exact) mass is 480 g/mol. The first kappa shape index (κ1) is 23.3. The minimum Gasteiger partial charge on any atom is -0.504 e. The Labute approximate surface area is 199 Å². The highest BCUT2D eigenvalue weighted by Crippen LogP contribution is 2.31. The molecule has 1 aliphatic rings. The van der Waals surface area contributed by atoms with Crippen LogP contribution in [0.15, 0.2) is 63.5 Å². The average Bonchev–Trinajstić information content (AvgIpc) is 3.13. The summed E-state index contributed by atoms with van der Waals surface area (Å²) in [5, 5.41) is 9.87. The van der Waals surface area contributed by atoms with Crippen molar-refractivity contribution in [2.45, 2.75) is 19.9 Å². The summed E-state index contributed by atoms with van der Waals surface area (Å²) in [6.07, 6.45) is 1.71. The van der Waals surface area contributed by atoms with Crippen LogP contribution in [0.1, 0.15) is 31.0 Å². The Morgan fingerprint density at radius 3 is 2.56 bits per heavy atom. The predicted molar refractivity (Wildman–Crippen MR) is 128 cm³/mol. The first-order valence-electron chi connectivity index (χ1n) is 10.6. The SMILES string of the molecule is CCOC(=O)C1=C(C)N=c2s/c(=C/c3ccc(O)c(OC)c3)c(=O)n2[C@H]1c1ccc(OC)cc1. The van der Waals surface area contributed by atoms with Gasteiger partial charge in [0.2, 0.25) is 0 Å². The molecule has 0 radical (unpaired) electrons. The van der Waals surface area contributed by atoms with E-state index in [1.807, 2.05) is 12.1 Å². The van der Waals surface area contributed by atoms with Crippen LogP contribution in [0.25, 0.3) is 6.08 Å². The van der Waals surface area contributed by atoms with Crippen LogP contribution in [0.2, 0.25) is 0 Å². The first-order chi connectivity index (χ1) is 16.4. The molecule has 8 nitrogen and oxygen atoms in total. The standard InChI is InChI=1S/C25H24N2O6S/c1-5-33-24(30)21-14(2)26-25-27(22(21)16-7-9-17(31-3)10-8-16)23(29)20(34-25)13-15-6-11-18(28)19(12-15)32-4/h6-13,22,28H,5H2,1-4H3/b20-13+/t22-/m0/s1. The molecular weight excluding hydrogens is 456 g/mol. The molecule has 9 heteroatoms. The summed E-state index contributed by atoms with van der Waals surface area (Å²) >= 11 is 1.23. The number of carbonyl (C=O) groups is 1. The van der Waals surface area contributed by atoms with E-state index in [0.717, 1.165) is 5.56 Å². The van der Waals surface area contributed by atoms with Crippen molar-refractivity contribution in [2.75, 3.05) is 20.8 Å². The third-order valence-electron chi connectivity index (χ3n) is 5.45. The molecule has 0 bridgehead atoms. The van der Waals surface area contributed by atoms with E-state index in [0.29, 0.717) is 37.7 Å². The lowest BCUT2D eigenvalue weighted by molar-refractivity contribution is -0.139. The van der Waals surface area contributed by atoms with Gasteiger partial charge in [-0.1, -0.05) is 29.5 Å². The smallest absolute Gasteiger partial charge is 0.338 e. The van der Waals surface area contributed by atoms with E-state index in [9.17, 15) is 14.7 Å². The molecule has 34 heavy (non-hydrogen) atoms. The third-order valence-corrected chi connectivity index (χ3v) is 6.43. The molecule has 0 unspecified atom stereocenters. The number of aromatic hydroxyl groups is 1. The van der Waals surface area contributed by atoms with E-state index in [-0.39, 0.29) is 17.9 Å². The first-order valence-corrected chi connectivity index (χ1v) is 11.4. The van der Waals surface area contributed by atoms with Gasteiger partial charge in [-0.05, 0) is 55.3 Å². The predicted octanol–water partition coefficient (Wildman–Crippen LogP) is 2.52. The highest BCUT2D eigenvalue weighted by molar-refractivity contribution is 7.07. The van der Waals surface area contributed by atoms with Crippen LogP contribution in [0, 0.1) is 0 Å². The zero-order valence-corrected chi connectivity index (χ0v) is 20.0. The molecule has 2 aromatic carbocycles. The van der Waals surface area contributed by atoms with Crippen molar-refractivity contribution in [1.29, 1.82) is 0 Å². The van der Waals surface area contributed by atoms with Gasteiger partial charge in [0, 0.05) is 0 Å². The lowest BCUT2D eigenvalue weighted by Gasteiger charge is -2.24. The van der Waals surface area contributed by atoms with Crippen LogP contribution in [-0.4, -0.2) is 36.5 Å². The summed E-state index contributed by atoms with van der Waals surface area (Å²) in [5.74, 6) is 0.464. The van der Waals surface area contributed by atoms with E-state index in [2.05, 4.69) is 4.99 Å². The second-order valence-electron chi connectivity index (χ2n) is 7.51. The molecule has 0 fully saturated rings. The molecule has 1 aliphatic heterocycles. The number of phenolic OH excluding ortho intramolecular Hbond substituents is 1. The second kappa shape index (κ2) is 9.56. The van der Waals surface area contributed by atoms with Gasteiger partial charge in [-0.2, -0.15) is 0 Å². The summed E-state index contributed by atoms with van der Waals surface area (Å²) in [6, 6.07) is 11.4. The van der Waals surface area contributed by atoms with Crippen molar-refractivity contribution in [2.24, 2.45) is 4.99 Å². The summed E-state index contributed by atoms with van der Waals surface area (Å²) in [5.41, 5.74) is 1.95. The van der Waals surface area contributed by atoms with Gasteiger partial charge in [0.25, 0.3) is 5.56 Å². The van der Waals surface area contributed by atoms with Crippen molar-refractivity contribution in [3.63, 3.8) is 0 Å². The highest BCUT2D eigenvalue weighted by Gasteiger charge is 2.33. The summed E-state index contributed by atoms with van der Waals surface area (Å²) in [7, 11) is 3.03. The molecule has 1 N–H and O–H groups in total. The summed E-state index contributed by atoms with van der Waals surface area (Å²) in [6.45, 7) is 3.68. The maximum Gasteiger partial charge on any atom is 0.338 e. The number of hydrogen-bond donors (Lipinski definition) is 1. The summed E-state index contributed by atoms with van der Waals surface area (Å²) in [4.78, 5) is 31.5. The number of ether oxygens (including phenoxy) is 3. The number of rotatable bonds is 6. The Morgan fingerprint density at radius 1 is 1.18 bits per heavy atom. The number of hydrogen-bond acceptors (Lipinski definition) is 8. The van der Waals surface area contributed by atoms with Gasteiger partial charge < -0.3 is 19.3 Å². The van der Waals surface area contributed by atoms with Crippen LogP contribution in [0.5, 0.6) is 17.2 Å². The van der Waals surface area contributed by atoms with Crippen LogP contribution >= 0.6 is 11.3 Å². The van der Waals surface area contributed by atoms with Gasteiger partial charge in [-0.3, -0.25) is 9.36 Å². The number of thiazole rings is 1. The number of phenols is 1. The van der Waals surface area contributed by atoms with Crippen LogP contribution < -0.4 is 24.4 Å². The molecule has 0 saturated heterocycles. The van der Waals surface area contributed by atoms with Crippen LogP contribution in [0.4, 0.5) is 0 Å². The fourth-order valence-corrected chi connectivity index (χ4v) is 4.88. The van der Waals surface area contributed by atoms with Crippen molar-refractivity contribution in [1.82, 2.24) is 4.57 Å². The molecule has 0 aliphatic carbocycles. The van der Waals surface area contributed by atoms with E-state index in [1.54, 1.807) is 51.3 Å². The van der Waals surface area contributed by atoms with Gasteiger partial charge in [0.15, 0.2) is 16.3 Å². The van der Waals surface area contributed by atoms with E-state index in [4.69, 9.17) is 14.2 Å². The Balaban J connectivity index is 1.93. The Hall–Kier alpha value is -3.85. The molecular formula is C25H24N2O6S. The second-order valence-corrected chi connectivity index (χ2v) is 8.52. The lowest BCUT2D eigenvalue weighted by atomic mass is 9.96. The van der Waals surface area contributed by atoms with Crippen molar-refractivity contribution < 1.29 is 24.1 Å². The molecule has 0 amide bonds. The van der Waals surface area contributed by atoms with Crippen LogP contribution in [-0.2, 0) is 9.53 Å². The maximum absolute atomic E-state index is 13.6. The molecule has 1 atom stereocenters. The van der Waals surface area contributed by atoms with E-state index >= 15 is 0 Å². The van der Waals surface area contributed by atoms with Crippen LogP contribution in [0.3, 0.4) is 0 Å². The van der Waals surface area contributed by atoms with E-state index in [1.165, 1.54) is 29.1 Å². The topological polar surface area (TPSA) is 99.4 Å². The fourth-order valence-electron chi connectivity index (χ4n) is 3.83. The van der Waals surface area contributed by atoms with Gasteiger partial charge in [-0.15, -0.1) is 0 Å². The number of aromatic nitrogens is 1. The molecule has 0 saturated carbocycles. The van der Waals surface area contributed by atoms with Crippen molar-refractivity contribution in [3.8, 4) is 17.2 Å². The number of allylic oxidation sites excluding steroid dienone is 1. The molecule has 0 spiro atoms. The third kappa shape index (κ3) is 4.22. The fraction of sp³-hybridized carbons (Fsp3) is 0.240. The largest absolute Gasteiger partial charge is 0.504 e. The summed E-state index contributed by atoms with van der Waals surface area (Å²) < 4.78 is 17.7. The van der Waals surface area contributed by atoms with Gasteiger partial charge in [-0.25, -0.2) is 9.79 Å².